The maximum Gasteiger partial charge on any atom is 0.160 e. The van der Waals surface area contributed by atoms with Gasteiger partial charge in [0.05, 0.1) is 16.7 Å². The summed E-state index contributed by atoms with van der Waals surface area (Å²) < 4.78 is 11.8. The van der Waals surface area contributed by atoms with Crippen LogP contribution in [0, 0.1) is 0 Å². The molecular formula is C38H21NOS. The van der Waals surface area contributed by atoms with E-state index in [4.69, 9.17) is 4.42 Å². The van der Waals surface area contributed by atoms with Gasteiger partial charge in [-0.2, -0.15) is 0 Å². The number of para-hydroxylation sites is 1. The molecule has 0 aliphatic rings. The molecule has 10 aromatic rings. The molecule has 3 heteroatoms. The van der Waals surface area contributed by atoms with Crippen molar-refractivity contribution in [3.05, 3.63) is 127 Å². The molecule has 0 saturated carbocycles. The van der Waals surface area contributed by atoms with E-state index in [0.29, 0.717) is 0 Å². The monoisotopic (exact) mass is 539 g/mol. The Morgan fingerprint density at radius 1 is 0.488 bits per heavy atom. The average Bonchev–Trinajstić information content (AvgIpc) is 3.70. The van der Waals surface area contributed by atoms with Gasteiger partial charge in [-0.3, -0.25) is 0 Å². The first-order valence-electron chi connectivity index (χ1n) is 13.9. The van der Waals surface area contributed by atoms with Crippen LogP contribution in [0.25, 0.3) is 91.1 Å². The summed E-state index contributed by atoms with van der Waals surface area (Å²) in [6.07, 6.45) is 0. The second-order valence-electron chi connectivity index (χ2n) is 10.9. The molecular weight excluding hydrogens is 518 g/mol. The quantitative estimate of drug-likeness (QED) is 0.203. The topological polar surface area (TPSA) is 18.1 Å². The Hall–Kier alpha value is -5.12. The molecule has 3 aromatic heterocycles. The normalized spacial score (nSPS) is 12.4. The molecule has 0 N–H and O–H groups in total. The van der Waals surface area contributed by atoms with Crippen molar-refractivity contribution in [1.29, 1.82) is 0 Å². The van der Waals surface area contributed by atoms with Gasteiger partial charge in [-0.25, -0.2) is 0 Å². The predicted molar refractivity (Wildman–Crippen MR) is 176 cm³/mol. The third-order valence-corrected chi connectivity index (χ3v) is 9.96. The highest BCUT2D eigenvalue weighted by molar-refractivity contribution is 7.26. The molecule has 0 amide bonds. The molecule has 0 atom stereocenters. The van der Waals surface area contributed by atoms with Crippen LogP contribution in [-0.2, 0) is 0 Å². The number of nitrogens with zero attached hydrogens (tertiary/aromatic N) is 1. The number of fused-ring (bicyclic) bond motifs is 14. The van der Waals surface area contributed by atoms with E-state index in [9.17, 15) is 0 Å². The summed E-state index contributed by atoms with van der Waals surface area (Å²) in [6, 6.07) is 46.1. The highest BCUT2D eigenvalue weighted by Gasteiger charge is 2.23. The first kappa shape index (κ1) is 21.7. The molecule has 0 unspecified atom stereocenters. The number of furan rings is 1. The van der Waals surface area contributed by atoms with Crippen molar-refractivity contribution in [3.63, 3.8) is 0 Å². The van der Waals surface area contributed by atoms with E-state index in [1.165, 1.54) is 68.9 Å². The van der Waals surface area contributed by atoms with Crippen molar-refractivity contribution < 1.29 is 4.42 Å². The zero-order valence-corrected chi connectivity index (χ0v) is 22.7. The van der Waals surface area contributed by atoms with E-state index in [-0.39, 0.29) is 0 Å². The summed E-state index contributed by atoms with van der Waals surface area (Å²) in [5.74, 6) is 0. The van der Waals surface area contributed by atoms with Crippen LogP contribution in [0.2, 0.25) is 0 Å². The number of hydrogen-bond acceptors (Lipinski definition) is 2. The van der Waals surface area contributed by atoms with Crippen molar-refractivity contribution in [3.8, 4) is 5.69 Å². The van der Waals surface area contributed by atoms with Crippen LogP contribution in [0.3, 0.4) is 0 Å². The van der Waals surface area contributed by atoms with E-state index in [2.05, 4.69) is 132 Å². The number of rotatable bonds is 1. The lowest BCUT2D eigenvalue weighted by molar-refractivity contribution is 0.666. The van der Waals surface area contributed by atoms with E-state index in [1.807, 2.05) is 11.3 Å². The SMILES string of the molecule is c1ccc2c(c1)ccc1c2c2c3ccccc3ccc2n1-c1cc2c3ccccc3sc2c2c1oc1ccccc12. The minimum Gasteiger partial charge on any atom is -0.454 e. The van der Waals surface area contributed by atoms with Gasteiger partial charge in [-0.1, -0.05) is 97.1 Å². The lowest BCUT2D eigenvalue weighted by atomic mass is 10.00. The molecule has 0 aliphatic heterocycles. The lowest BCUT2D eigenvalue weighted by Gasteiger charge is -2.10. The van der Waals surface area contributed by atoms with Gasteiger partial charge in [0.15, 0.2) is 5.58 Å². The molecule has 0 radical (unpaired) electrons. The molecule has 3 heterocycles. The van der Waals surface area contributed by atoms with E-state index < -0.39 is 0 Å². The van der Waals surface area contributed by atoms with Crippen LogP contribution in [0.15, 0.2) is 132 Å². The molecule has 2 nitrogen and oxygen atoms in total. The standard InChI is InChI=1S/C38H21NOS/c1-3-11-24-22(9-1)17-19-29-34(24)35-25-12-4-2-10-23(25)18-20-30(35)39(29)31-21-28-26-13-6-8-16-33(26)41-38(28)36-27-14-5-7-15-32(27)40-37(31)36/h1-21H. The fourth-order valence-electron chi connectivity index (χ4n) is 7.02. The summed E-state index contributed by atoms with van der Waals surface area (Å²) in [4.78, 5) is 0. The summed E-state index contributed by atoms with van der Waals surface area (Å²) in [6.45, 7) is 0. The van der Waals surface area contributed by atoms with Crippen molar-refractivity contribution in [2.45, 2.75) is 0 Å². The molecule has 0 bridgehead atoms. The third kappa shape index (κ3) is 2.76. The third-order valence-electron chi connectivity index (χ3n) is 8.76. The van der Waals surface area contributed by atoms with Gasteiger partial charge < -0.3 is 8.98 Å². The van der Waals surface area contributed by atoms with E-state index >= 15 is 0 Å². The maximum atomic E-state index is 6.77. The number of hydrogen-bond donors (Lipinski definition) is 0. The molecule has 10 rings (SSSR count). The zero-order chi connectivity index (χ0) is 26.7. The smallest absolute Gasteiger partial charge is 0.160 e. The first-order chi connectivity index (χ1) is 20.3. The average molecular weight is 540 g/mol. The summed E-state index contributed by atoms with van der Waals surface area (Å²) >= 11 is 1.86. The molecule has 190 valence electrons. The Bertz CT molecular complexity index is 2610. The Kier molecular flexibility index (Phi) is 4.10. The van der Waals surface area contributed by atoms with Crippen LogP contribution in [0.4, 0.5) is 0 Å². The lowest BCUT2D eigenvalue weighted by Crippen LogP contribution is -1.95. The highest BCUT2D eigenvalue weighted by Crippen LogP contribution is 2.47. The Labute approximate surface area is 238 Å². The fraction of sp³-hybridized carbons (Fsp3) is 0. The first-order valence-corrected chi connectivity index (χ1v) is 14.8. The van der Waals surface area contributed by atoms with Crippen LogP contribution >= 0.6 is 11.3 Å². The van der Waals surface area contributed by atoms with Crippen molar-refractivity contribution in [2.75, 3.05) is 0 Å². The maximum absolute atomic E-state index is 6.77. The van der Waals surface area contributed by atoms with Crippen LogP contribution < -0.4 is 0 Å². The molecule has 0 aliphatic carbocycles. The second-order valence-corrected chi connectivity index (χ2v) is 11.9. The predicted octanol–water partition coefficient (Wildman–Crippen LogP) is 11.4. The van der Waals surface area contributed by atoms with Gasteiger partial charge in [0.25, 0.3) is 0 Å². The minimum absolute atomic E-state index is 0.922. The summed E-state index contributed by atoms with van der Waals surface area (Å²) in [5, 5.41) is 12.5. The van der Waals surface area contributed by atoms with E-state index in [1.54, 1.807) is 0 Å². The van der Waals surface area contributed by atoms with Crippen LogP contribution in [0.1, 0.15) is 0 Å². The highest BCUT2D eigenvalue weighted by atomic mass is 32.1. The second kappa shape index (κ2) is 7.75. The van der Waals surface area contributed by atoms with Crippen molar-refractivity contribution in [2.24, 2.45) is 0 Å². The number of aromatic nitrogens is 1. The largest absolute Gasteiger partial charge is 0.454 e. The minimum atomic E-state index is 0.922. The Balaban J connectivity index is 1.50. The summed E-state index contributed by atoms with van der Waals surface area (Å²) in [7, 11) is 0. The fourth-order valence-corrected chi connectivity index (χ4v) is 8.26. The van der Waals surface area contributed by atoms with Gasteiger partial charge in [0, 0.05) is 41.7 Å². The zero-order valence-electron chi connectivity index (χ0n) is 21.9. The van der Waals surface area contributed by atoms with Crippen LogP contribution in [0.5, 0.6) is 0 Å². The molecule has 0 saturated heterocycles. The number of thiophene rings is 1. The van der Waals surface area contributed by atoms with Gasteiger partial charge in [-0.05, 0) is 51.9 Å². The summed E-state index contributed by atoms with van der Waals surface area (Å²) in [5.41, 5.74) is 5.32. The van der Waals surface area contributed by atoms with E-state index in [0.717, 1.165) is 22.2 Å². The van der Waals surface area contributed by atoms with Gasteiger partial charge >= 0.3 is 0 Å². The van der Waals surface area contributed by atoms with Crippen LogP contribution in [-0.4, -0.2) is 4.57 Å². The Morgan fingerprint density at radius 2 is 1.07 bits per heavy atom. The molecule has 41 heavy (non-hydrogen) atoms. The molecule has 0 fully saturated rings. The van der Waals surface area contributed by atoms with Gasteiger partial charge in [0.2, 0.25) is 0 Å². The molecule has 7 aromatic carbocycles. The number of benzene rings is 7. The van der Waals surface area contributed by atoms with Gasteiger partial charge in [0.1, 0.15) is 5.58 Å². The van der Waals surface area contributed by atoms with Crippen molar-refractivity contribution in [1.82, 2.24) is 4.57 Å². The molecule has 0 spiro atoms. The van der Waals surface area contributed by atoms with Gasteiger partial charge in [-0.15, -0.1) is 11.3 Å². The van der Waals surface area contributed by atoms with Crippen molar-refractivity contribution >= 4 is 96.8 Å². The Morgan fingerprint density at radius 3 is 1.78 bits per heavy atom.